The maximum atomic E-state index is 13.6. The van der Waals surface area contributed by atoms with E-state index in [0.29, 0.717) is 18.5 Å². The summed E-state index contributed by atoms with van der Waals surface area (Å²) in [6, 6.07) is 3.68. The van der Waals surface area contributed by atoms with Gasteiger partial charge in [-0.15, -0.1) is 0 Å². The molecule has 1 heterocycles. The van der Waals surface area contributed by atoms with E-state index in [-0.39, 0.29) is 5.92 Å². The standard InChI is InChI=1S/C14H18F2N2O/c1-2-10-8-18(6-5-14(10)17-19)9-11-3-4-12(15)7-13(11)16/h3-4,7,10,19H,2,5-6,8-9H2,1H3/b17-14+. The molecule has 0 radical (unpaired) electrons. The monoisotopic (exact) mass is 268 g/mol. The van der Waals surface area contributed by atoms with Crippen molar-refractivity contribution in [2.75, 3.05) is 13.1 Å². The Balaban J connectivity index is 2.04. The summed E-state index contributed by atoms with van der Waals surface area (Å²) in [5, 5.41) is 12.2. The number of rotatable bonds is 3. The van der Waals surface area contributed by atoms with Crippen LogP contribution in [0.3, 0.4) is 0 Å². The lowest BCUT2D eigenvalue weighted by molar-refractivity contribution is 0.218. The van der Waals surface area contributed by atoms with Crippen LogP contribution in [0, 0.1) is 17.6 Å². The minimum atomic E-state index is -0.555. The largest absolute Gasteiger partial charge is 0.411 e. The lowest BCUT2D eigenvalue weighted by Crippen LogP contribution is -2.40. The molecule has 1 N–H and O–H groups in total. The molecule has 0 amide bonds. The van der Waals surface area contributed by atoms with Crippen LogP contribution in [0.15, 0.2) is 23.4 Å². The molecule has 5 heteroatoms. The van der Waals surface area contributed by atoms with Crippen LogP contribution in [0.4, 0.5) is 8.78 Å². The predicted octanol–water partition coefficient (Wildman–Crippen LogP) is 3.03. The molecule has 2 rings (SSSR count). The van der Waals surface area contributed by atoms with Gasteiger partial charge in [0, 0.05) is 43.6 Å². The van der Waals surface area contributed by atoms with E-state index in [1.54, 1.807) is 0 Å². The summed E-state index contributed by atoms with van der Waals surface area (Å²) in [6.07, 6.45) is 1.58. The first kappa shape index (κ1) is 13.9. The first-order chi connectivity index (χ1) is 9.13. The Labute approximate surface area is 111 Å². The number of oxime groups is 1. The molecular weight excluding hydrogens is 250 g/mol. The van der Waals surface area contributed by atoms with Gasteiger partial charge in [-0.3, -0.25) is 4.90 Å². The minimum Gasteiger partial charge on any atom is -0.411 e. The number of piperidine rings is 1. The van der Waals surface area contributed by atoms with Crippen molar-refractivity contribution >= 4 is 5.71 Å². The number of benzene rings is 1. The lowest BCUT2D eigenvalue weighted by atomic mass is 9.93. The van der Waals surface area contributed by atoms with Gasteiger partial charge >= 0.3 is 0 Å². The van der Waals surface area contributed by atoms with E-state index >= 15 is 0 Å². The second-order valence-electron chi connectivity index (χ2n) is 4.92. The first-order valence-electron chi connectivity index (χ1n) is 6.51. The van der Waals surface area contributed by atoms with Crippen LogP contribution in [0.1, 0.15) is 25.3 Å². The summed E-state index contributed by atoms with van der Waals surface area (Å²) in [5.74, 6) is -0.849. The van der Waals surface area contributed by atoms with Crippen molar-refractivity contribution < 1.29 is 14.0 Å². The van der Waals surface area contributed by atoms with Crippen LogP contribution in [0.25, 0.3) is 0 Å². The van der Waals surface area contributed by atoms with Gasteiger partial charge in [0.1, 0.15) is 11.6 Å². The number of hydrogen-bond acceptors (Lipinski definition) is 3. The summed E-state index contributed by atoms with van der Waals surface area (Å²) < 4.78 is 26.4. The molecule has 3 nitrogen and oxygen atoms in total. The van der Waals surface area contributed by atoms with Gasteiger partial charge in [0.05, 0.1) is 5.71 Å². The molecule has 0 bridgehead atoms. The Morgan fingerprint density at radius 3 is 2.84 bits per heavy atom. The molecule has 19 heavy (non-hydrogen) atoms. The molecule has 1 aliphatic rings. The van der Waals surface area contributed by atoms with E-state index in [9.17, 15) is 8.78 Å². The highest BCUT2D eigenvalue weighted by molar-refractivity contribution is 5.87. The van der Waals surface area contributed by atoms with E-state index in [1.807, 2.05) is 6.92 Å². The highest BCUT2D eigenvalue weighted by Gasteiger charge is 2.25. The SMILES string of the molecule is CCC1CN(Cc2ccc(F)cc2F)CC/C1=N\O. The van der Waals surface area contributed by atoms with Crippen molar-refractivity contribution in [2.45, 2.75) is 26.3 Å². The van der Waals surface area contributed by atoms with Crippen LogP contribution in [-0.4, -0.2) is 28.9 Å². The van der Waals surface area contributed by atoms with Gasteiger partial charge in [-0.25, -0.2) is 8.78 Å². The second kappa shape index (κ2) is 6.10. The van der Waals surface area contributed by atoms with Crippen LogP contribution < -0.4 is 0 Å². The molecular formula is C14H18F2N2O. The highest BCUT2D eigenvalue weighted by Crippen LogP contribution is 2.20. The van der Waals surface area contributed by atoms with E-state index in [0.717, 1.165) is 31.3 Å². The Morgan fingerprint density at radius 2 is 2.21 bits per heavy atom. The second-order valence-corrected chi connectivity index (χ2v) is 4.92. The zero-order valence-electron chi connectivity index (χ0n) is 10.9. The van der Waals surface area contributed by atoms with Crippen molar-refractivity contribution in [3.63, 3.8) is 0 Å². The summed E-state index contributed by atoms with van der Waals surface area (Å²) in [6.45, 7) is 3.97. The zero-order valence-corrected chi connectivity index (χ0v) is 10.9. The van der Waals surface area contributed by atoms with Gasteiger partial charge in [-0.1, -0.05) is 18.1 Å². The Kier molecular flexibility index (Phi) is 4.47. The molecule has 0 spiro atoms. The van der Waals surface area contributed by atoms with Crippen molar-refractivity contribution in [1.29, 1.82) is 0 Å². The van der Waals surface area contributed by atoms with Crippen molar-refractivity contribution in [3.8, 4) is 0 Å². The quantitative estimate of drug-likeness (QED) is 0.675. The molecule has 1 atom stereocenters. The summed E-state index contributed by atoms with van der Waals surface area (Å²) in [5.41, 5.74) is 1.32. The van der Waals surface area contributed by atoms with Crippen LogP contribution in [0.5, 0.6) is 0 Å². The van der Waals surface area contributed by atoms with Gasteiger partial charge < -0.3 is 5.21 Å². The van der Waals surface area contributed by atoms with Gasteiger partial charge in [-0.05, 0) is 12.5 Å². The third kappa shape index (κ3) is 3.29. The molecule has 104 valence electrons. The zero-order chi connectivity index (χ0) is 13.8. The van der Waals surface area contributed by atoms with Gasteiger partial charge in [0.15, 0.2) is 0 Å². The summed E-state index contributed by atoms with van der Waals surface area (Å²) in [4.78, 5) is 2.11. The third-order valence-electron chi connectivity index (χ3n) is 3.66. The summed E-state index contributed by atoms with van der Waals surface area (Å²) >= 11 is 0. The van der Waals surface area contributed by atoms with E-state index in [1.165, 1.54) is 12.1 Å². The molecule has 0 aliphatic carbocycles. The van der Waals surface area contributed by atoms with Crippen molar-refractivity contribution in [2.24, 2.45) is 11.1 Å². The van der Waals surface area contributed by atoms with Gasteiger partial charge in [-0.2, -0.15) is 0 Å². The number of nitrogens with zero attached hydrogens (tertiary/aromatic N) is 2. The summed E-state index contributed by atoms with van der Waals surface area (Å²) in [7, 11) is 0. The smallest absolute Gasteiger partial charge is 0.130 e. The van der Waals surface area contributed by atoms with Crippen LogP contribution in [-0.2, 0) is 6.54 Å². The average molecular weight is 268 g/mol. The highest BCUT2D eigenvalue weighted by atomic mass is 19.1. The predicted molar refractivity (Wildman–Crippen MR) is 69.3 cm³/mol. The average Bonchev–Trinajstić information content (AvgIpc) is 2.41. The number of likely N-dealkylation sites (tertiary alicyclic amines) is 1. The third-order valence-corrected chi connectivity index (χ3v) is 3.66. The molecule has 1 fully saturated rings. The normalized spacial score (nSPS) is 22.9. The first-order valence-corrected chi connectivity index (χ1v) is 6.51. The molecule has 1 unspecified atom stereocenters. The molecule has 0 saturated carbocycles. The molecule has 1 aromatic carbocycles. The van der Waals surface area contributed by atoms with Crippen LogP contribution in [0.2, 0.25) is 0 Å². The topological polar surface area (TPSA) is 35.8 Å². The van der Waals surface area contributed by atoms with Crippen molar-refractivity contribution in [3.05, 3.63) is 35.4 Å². The maximum Gasteiger partial charge on any atom is 0.130 e. The van der Waals surface area contributed by atoms with Gasteiger partial charge in [0.2, 0.25) is 0 Å². The fraction of sp³-hybridized carbons (Fsp3) is 0.500. The number of halogens is 2. The minimum absolute atomic E-state index is 0.210. The van der Waals surface area contributed by atoms with E-state index in [2.05, 4.69) is 10.1 Å². The lowest BCUT2D eigenvalue weighted by Gasteiger charge is -2.32. The fourth-order valence-electron chi connectivity index (χ4n) is 2.52. The Morgan fingerprint density at radius 1 is 1.42 bits per heavy atom. The molecule has 0 aromatic heterocycles. The van der Waals surface area contributed by atoms with E-state index in [4.69, 9.17) is 5.21 Å². The fourth-order valence-corrected chi connectivity index (χ4v) is 2.52. The van der Waals surface area contributed by atoms with E-state index < -0.39 is 11.6 Å². The number of hydrogen-bond donors (Lipinski definition) is 1. The molecule has 1 saturated heterocycles. The van der Waals surface area contributed by atoms with Crippen LogP contribution >= 0.6 is 0 Å². The molecule has 1 aliphatic heterocycles. The molecule has 1 aromatic rings. The van der Waals surface area contributed by atoms with Gasteiger partial charge in [0.25, 0.3) is 0 Å². The maximum absolute atomic E-state index is 13.6. The Bertz CT molecular complexity index is 477. The Hall–Kier alpha value is -1.49. The van der Waals surface area contributed by atoms with Crippen molar-refractivity contribution in [1.82, 2.24) is 4.90 Å².